The van der Waals surface area contributed by atoms with Gasteiger partial charge in [0.2, 0.25) is 0 Å². The molecule has 1 aromatic rings. The molecular weight excluding hydrogens is 222 g/mol. The second-order valence-electron chi connectivity index (χ2n) is 3.34. The van der Waals surface area contributed by atoms with Crippen LogP contribution in [0.1, 0.15) is 31.1 Å². The van der Waals surface area contributed by atoms with Gasteiger partial charge in [0, 0.05) is 19.7 Å². The molecule has 16 heavy (non-hydrogen) atoms. The average molecular weight is 239 g/mol. The summed E-state index contributed by atoms with van der Waals surface area (Å²) >= 11 is 1.54. The first-order chi connectivity index (χ1) is 7.24. The highest BCUT2D eigenvalue weighted by Crippen LogP contribution is 2.30. The normalized spacial score (nSPS) is 15.2. The average Bonchev–Trinajstić information content (AvgIpc) is 2.84. The van der Waals surface area contributed by atoms with Gasteiger partial charge in [-0.2, -0.15) is 15.2 Å². The molecule has 0 amide bonds. The van der Waals surface area contributed by atoms with Crippen molar-refractivity contribution in [2.75, 3.05) is 18.7 Å². The molecule has 0 aliphatic carbocycles. The van der Waals surface area contributed by atoms with Crippen LogP contribution in [0, 0.1) is 0 Å². The van der Waals surface area contributed by atoms with Crippen LogP contribution < -0.4 is 5.12 Å². The number of hydrazine groups is 1. The summed E-state index contributed by atoms with van der Waals surface area (Å²) in [5, 5.41) is 10.8. The molecule has 0 N–H and O–H groups in total. The topological polar surface area (TPSA) is 35.9 Å². The molecule has 0 unspecified atom stereocenters. The lowest BCUT2D eigenvalue weighted by molar-refractivity contribution is 0.0988. The first-order valence-electron chi connectivity index (χ1n) is 4.88. The maximum absolute atomic E-state index is 11.7. The van der Waals surface area contributed by atoms with Crippen molar-refractivity contribution in [1.29, 1.82) is 0 Å². The molecule has 88 valence electrons. The number of hydrazone groups is 1. The maximum Gasteiger partial charge on any atom is 0.165 e. The van der Waals surface area contributed by atoms with Crippen LogP contribution in [0.15, 0.2) is 16.5 Å². The predicted molar refractivity (Wildman–Crippen MR) is 69.3 cm³/mol. The Bertz CT molecular complexity index is 400. The van der Waals surface area contributed by atoms with Gasteiger partial charge in [-0.1, -0.05) is 14.4 Å². The zero-order chi connectivity index (χ0) is 10.8. The van der Waals surface area contributed by atoms with E-state index in [0.717, 1.165) is 17.1 Å². The summed E-state index contributed by atoms with van der Waals surface area (Å²) in [4.78, 5) is 11.7. The summed E-state index contributed by atoms with van der Waals surface area (Å²) in [7, 11) is 1.95. The fraction of sp³-hybridized carbons (Fsp3) is 0.455. The minimum absolute atomic E-state index is 0. The van der Waals surface area contributed by atoms with E-state index in [0.29, 0.717) is 6.42 Å². The number of nitrogens with zero attached hydrogens (tertiary/aromatic N) is 3. The zero-order valence-corrected chi connectivity index (χ0v) is 9.62. The molecule has 0 fully saturated rings. The predicted octanol–water partition coefficient (Wildman–Crippen LogP) is 2.63. The van der Waals surface area contributed by atoms with Crippen LogP contribution in [0.5, 0.6) is 0 Å². The third-order valence-electron chi connectivity index (χ3n) is 2.31. The zero-order valence-electron chi connectivity index (χ0n) is 8.80. The van der Waals surface area contributed by atoms with E-state index in [1.54, 1.807) is 16.5 Å². The minimum Gasteiger partial charge on any atom is -0.294 e. The van der Waals surface area contributed by atoms with Crippen LogP contribution in [-0.4, -0.2) is 30.6 Å². The summed E-state index contributed by atoms with van der Waals surface area (Å²) in [5.41, 5.74) is 0.772. The smallest absolute Gasteiger partial charge is 0.165 e. The molecule has 1 aliphatic rings. The van der Waals surface area contributed by atoms with E-state index in [-0.39, 0.29) is 13.2 Å². The monoisotopic (exact) mass is 239 g/mol. The molecule has 0 saturated heterocycles. The van der Waals surface area contributed by atoms with E-state index in [1.165, 1.54) is 0 Å². The van der Waals surface area contributed by atoms with Gasteiger partial charge in [-0.05, 0) is 11.4 Å². The molecule has 0 atom stereocenters. The Morgan fingerprint density at radius 2 is 2.38 bits per heavy atom. The molecule has 2 rings (SSSR count). The highest BCUT2D eigenvalue weighted by molar-refractivity contribution is 7.14. The molecule has 0 saturated carbocycles. The quantitative estimate of drug-likeness (QED) is 0.761. The lowest BCUT2D eigenvalue weighted by Gasteiger charge is -2.21. The minimum atomic E-state index is 0. The van der Waals surface area contributed by atoms with Crippen LogP contribution in [0.25, 0.3) is 0 Å². The number of hydrogen-bond acceptors (Lipinski definition) is 5. The van der Waals surface area contributed by atoms with Crippen molar-refractivity contribution in [2.24, 2.45) is 5.10 Å². The van der Waals surface area contributed by atoms with Gasteiger partial charge in [-0.25, -0.2) is 0 Å². The number of rotatable bonds is 3. The van der Waals surface area contributed by atoms with E-state index in [4.69, 9.17) is 0 Å². The summed E-state index contributed by atoms with van der Waals surface area (Å²) in [5.74, 6) is 0.168. The summed E-state index contributed by atoms with van der Waals surface area (Å²) < 4.78 is 0. The van der Waals surface area contributed by atoms with Gasteiger partial charge in [0.25, 0.3) is 0 Å². The van der Waals surface area contributed by atoms with E-state index < -0.39 is 0 Å². The highest BCUT2D eigenvalue weighted by atomic mass is 32.1. The van der Waals surface area contributed by atoms with Crippen LogP contribution in [0.3, 0.4) is 0 Å². The van der Waals surface area contributed by atoms with Crippen LogP contribution in [0.2, 0.25) is 0 Å². The van der Waals surface area contributed by atoms with Crippen LogP contribution in [-0.2, 0) is 0 Å². The van der Waals surface area contributed by atoms with Gasteiger partial charge in [-0.15, -0.1) is 11.3 Å². The third-order valence-corrected chi connectivity index (χ3v) is 3.19. The van der Waals surface area contributed by atoms with E-state index in [2.05, 4.69) is 5.10 Å². The van der Waals surface area contributed by atoms with Gasteiger partial charge in [-0.3, -0.25) is 4.79 Å². The van der Waals surface area contributed by atoms with Crippen molar-refractivity contribution in [2.45, 2.75) is 20.8 Å². The Morgan fingerprint density at radius 1 is 1.62 bits per heavy atom. The molecule has 4 nitrogen and oxygen atoms in total. The number of carbonyl (C=O) groups is 1. The number of anilines is 1. The molecule has 1 aliphatic heterocycles. The van der Waals surface area contributed by atoms with E-state index in [9.17, 15) is 4.79 Å². The lowest BCUT2D eigenvalue weighted by atomic mass is 10.2. The summed E-state index contributed by atoms with van der Waals surface area (Å²) in [6.45, 7) is 2.67. The standard InChI is InChI=1S/C10H13N3OS.CH4/c1-3-9(14)8-4-7-15-10(8)13-11-5-6-12(13)2;/h4-5,7H,3,6H2,1-2H3;1H4. The Kier molecular flexibility index (Phi) is 4.20. The van der Waals surface area contributed by atoms with Crippen molar-refractivity contribution in [3.8, 4) is 0 Å². The number of ketones is 1. The first kappa shape index (κ1) is 12.9. The maximum atomic E-state index is 11.7. The van der Waals surface area contributed by atoms with Crippen molar-refractivity contribution in [3.63, 3.8) is 0 Å². The van der Waals surface area contributed by atoms with Crippen molar-refractivity contribution >= 4 is 28.3 Å². The Hall–Kier alpha value is -1.20. The molecule has 1 aromatic heterocycles. The fourth-order valence-corrected chi connectivity index (χ4v) is 2.39. The first-order valence-corrected chi connectivity index (χ1v) is 5.76. The summed E-state index contributed by atoms with van der Waals surface area (Å²) in [6, 6.07) is 1.87. The Balaban J connectivity index is 0.00000128. The van der Waals surface area contributed by atoms with Gasteiger partial charge >= 0.3 is 0 Å². The second kappa shape index (κ2) is 5.23. The molecular formula is C11H17N3OS. The van der Waals surface area contributed by atoms with Gasteiger partial charge in [0.1, 0.15) is 5.00 Å². The van der Waals surface area contributed by atoms with Gasteiger partial charge in [0.05, 0.1) is 12.1 Å². The Labute approximate surface area is 100 Å². The van der Waals surface area contributed by atoms with E-state index >= 15 is 0 Å². The van der Waals surface area contributed by atoms with Crippen molar-refractivity contribution in [3.05, 3.63) is 17.0 Å². The molecule has 0 spiro atoms. The molecule has 0 aromatic carbocycles. The summed E-state index contributed by atoms with van der Waals surface area (Å²) in [6.07, 6.45) is 2.37. The number of thiophene rings is 1. The number of hydrogen-bond donors (Lipinski definition) is 0. The van der Waals surface area contributed by atoms with Crippen LogP contribution in [0.4, 0.5) is 5.00 Å². The van der Waals surface area contributed by atoms with E-state index in [1.807, 2.05) is 36.6 Å². The number of Topliss-reactive ketones (excluding diaryl/α,β-unsaturated/α-hetero) is 1. The van der Waals surface area contributed by atoms with Gasteiger partial charge < -0.3 is 0 Å². The van der Waals surface area contributed by atoms with Crippen LogP contribution >= 0.6 is 11.3 Å². The largest absolute Gasteiger partial charge is 0.294 e. The van der Waals surface area contributed by atoms with Gasteiger partial charge in [0.15, 0.2) is 5.78 Å². The van der Waals surface area contributed by atoms with Crippen molar-refractivity contribution in [1.82, 2.24) is 5.01 Å². The SMILES string of the molecule is C.CCC(=O)c1ccsc1N1N=CCN1C. The molecule has 0 radical (unpaired) electrons. The molecule has 5 heteroatoms. The van der Waals surface area contributed by atoms with Crippen molar-refractivity contribution < 1.29 is 4.79 Å². The molecule has 0 bridgehead atoms. The fourth-order valence-electron chi connectivity index (χ4n) is 1.46. The second-order valence-corrected chi connectivity index (χ2v) is 4.24. The Morgan fingerprint density at radius 3 is 2.94 bits per heavy atom. The highest BCUT2D eigenvalue weighted by Gasteiger charge is 2.22. The third kappa shape index (κ3) is 2.15. The molecule has 2 heterocycles. The number of carbonyl (C=O) groups excluding carboxylic acids is 1. The lowest BCUT2D eigenvalue weighted by Crippen LogP contribution is -2.31.